The van der Waals surface area contributed by atoms with Crippen LogP contribution in [0.3, 0.4) is 0 Å². The summed E-state index contributed by atoms with van der Waals surface area (Å²) < 4.78 is 20.0. The highest BCUT2D eigenvalue weighted by Crippen LogP contribution is 2.45. The van der Waals surface area contributed by atoms with Gasteiger partial charge in [0.2, 0.25) is 0 Å². The van der Waals surface area contributed by atoms with E-state index in [9.17, 15) is 14.7 Å². The number of hydrogen-bond acceptors (Lipinski definition) is 6. The molecule has 0 bridgehead atoms. The average Bonchev–Trinajstić information content (AvgIpc) is 3.32. The average molecular weight is 515 g/mol. The van der Waals surface area contributed by atoms with Gasteiger partial charge in [-0.2, -0.15) is 0 Å². The molecule has 1 aliphatic rings. The molecule has 3 atom stereocenters. The molecule has 0 spiro atoms. The number of benzene rings is 3. The van der Waals surface area contributed by atoms with Crippen molar-refractivity contribution >= 4 is 0 Å². The van der Waals surface area contributed by atoms with Crippen LogP contribution in [0.15, 0.2) is 101 Å². The summed E-state index contributed by atoms with van der Waals surface area (Å²) in [6.07, 6.45) is -0.718. The molecule has 1 aliphatic heterocycles. The third-order valence-corrected chi connectivity index (χ3v) is 6.97. The summed E-state index contributed by atoms with van der Waals surface area (Å²) in [5, 5.41) is 10.9. The summed E-state index contributed by atoms with van der Waals surface area (Å²) in [7, 11) is 1.62. The van der Waals surface area contributed by atoms with Crippen molar-refractivity contribution in [2.75, 3.05) is 13.7 Å². The van der Waals surface area contributed by atoms with Crippen LogP contribution in [0.25, 0.3) is 0 Å². The third-order valence-electron chi connectivity index (χ3n) is 6.97. The number of aliphatic hydroxyl groups is 1. The lowest BCUT2D eigenvalue weighted by Crippen LogP contribution is -2.38. The van der Waals surface area contributed by atoms with Gasteiger partial charge in [0.15, 0.2) is 0 Å². The van der Waals surface area contributed by atoms with Crippen LogP contribution in [0.5, 0.6) is 5.75 Å². The molecule has 0 saturated carbocycles. The van der Waals surface area contributed by atoms with Crippen molar-refractivity contribution in [3.05, 3.63) is 134 Å². The van der Waals surface area contributed by atoms with Gasteiger partial charge in [-0.25, -0.2) is 4.79 Å². The van der Waals surface area contributed by atoms with E-state index in [0.29, 0.717) is 11.3 Å². The molecule has 0 radical (unpaired) electrons. The minimum atomic E-state index is -1.08. The second-order valence-corrected chi connectivity index (χ2v) is 9.34. The molecule has 0 aliphatic carbocycles. The zero-order chi connectivity index (χ0) is 26.7. The van der Waals surface area contributed by atoms with Gasteiger partial charge < -0.3 is 19.3 Å². The Bertz CT molecular complexity index is 1460. The summed E-state index contributed by atoms with van der Waals surface area (Å²) in [4.78, 5) is 26.5. The first kappa shape index (κ1) is 25.7. The van der Waals surface area contributed by atoms with Crippen LogP contribution in [-0.2, 0) is 15.1 Å². The van der Waals surface area contributed by atoms with E-state index < -0.39 is 35.3 Å². The van der Waals surface area contributed by atoms with Crippen molar-refractivity contribution in [3.63, 3.8) is 0 Å². The number of methoxy groups -OCH3 is 1. The second kappa shape index (κ2) is 10.8. The van der Waals surface area contributed by atoms with Crippen LogP contribution in [0.2, 0.25) is 0 Å². The van der Waals surface area contributed by atoms with Gasteiger partial charge in [0.05, 0.1) is 19.8 Å². The normalized spacial score (nSPS) is 19.4. The summed E-state index contributed by atoms with van der Waals surface area (Å²) in [5.41, 5.74) is 0.830. The largest absolute Gasteiger partial charge is 0.496 e. The number of aromatic amines is 1. The molecule has 1 fully saturated rings. The van der Waals surface area contributed by atoms with Gasteiger partial charge in [-0.15, -0.1) is 0 Å². The second-order valence-electron chi connectivity index (χ2n) is 9.34. The van der Waals surface area contributed by atoms with E-state index in [4.69, 9.17) is 14.2 Å². The predicted octanol–water partition coefficient (Wildman–Crippen LogP) is 3.51. The van der Waals surface area contributed by atoms with Crippen molar-refractivity contribution in [1.82, 2.24) is 9.55 Å². The maximum Gasteiger partial charge on any atom is 0.330 e. The molecular weight excluding hydrogens is 484 g/mol. The lowest BCUT2D eigenvalue weighted by molar-refractivity contribution is -0.0948. The van der Waals surface area contributed by atoms with Crippen molar-refractivity contribution in [3.8, 4) is 5.75 Å². The van der Waals surface area contributed by atoms with Crippen LogP contribution < -0.4 is 16.0 Å². The molecular formula is C30H30N2O6. The highest BCUT2D eigenvalue weighted by molar-refractivity contribution is 5.52. The first-order valence-corrected chi connectivity index (χ1v) is 12.5. The van der Waals surface area contributed by atoms with E-state index in [0.717, 1.165) is 16.7 Å². The number of aliphatic hydroxyl groups excluding tert-OH is 1. The SMILES string of the molecule is COc1ccccc1C(OC[C@H]1O[C@@H](n2cc(C)c(=O)[nH]c2=O)CC1O)(c1ccccc1)c1ccccc1. The molecule has 2 N–H and O–H groups in total. The number of nitrogens with zero attached hydrogens (tertiary/aromatic N) is 1. The Morgan fingerprint density at radius 3 is 2.21 bits per heavy atom. The highest BCUT2D eigenvalue weighted by Gasteiger charge is 2.43. The van der Waals surface area contributed by atoms with E-state index in [1.54, 1.807) is 14.0 Å². The quantitative estimate of drug-likeness (QED) is 0.349. The number of ether oxygens (including phenoxy) is 3. The van der Waals surface area contributed by atoms with Crippen LogP contribution in [-0.4, -0.2) is 40.6 Å². The molecule has 1 saturated heterocycles. The van der Waals surface area contributed by atoms with E-state index in [-0.39, 0.29) is 13.0 Å². The first-order chi connectivity index (χ1) is 18.4. The number of aromatic nitrogens is 2. The maximum atomic E-state index is 12.4. The number of nitrogens with one attached hydrogen (secondary N) is 1. The Morgan fingerprint density at radius 2 is 1.58 bits per heavy atom. The van der Waals surface area contributed by atoms with Gasteiger partial charge >= 0.3 is 5.69 Å². The van der Waals surface area contributed by atoms with Gasteiger partial charge in [-0.05, 0) is 24.1 Å². The molecule has 0 amide bonds. The van der Waals surface area contributed by atoms with Crippen molar-refractivity contribution in [2.45, 2.75) is 37.4 Å². The van der Waals surface area contributed by atoms with Crippen LogP contribution >= 0.6 is 0 Å². The molecule has 2 heterocycles. The Labute approximate surface area is 220 Å². The highest BCUT2D eigenvalue weighted by atomic mass is 16.6. The number of aryl methyl sites for hydroxylation is 1. The standard InChI is InChI=1S/C30H30N2O6/c1-20-18-32(29(35)31-28(20)34)27-17-24(33)26(38-27)19-37-30(21-11-5-3-6-12-21,22-13-7-4-8-14-22)23-15-9-10-16-25(23)36-2/h3-16,18,24,26-27,33H,17,19H2,1-2H3,(H,31,34,35)/t24?,26-,27-/m1/s1. The Balaban J connectivity index is 1.55. The molecule has 1 unspecified atom stereocenters. The first-order valence-electron chi connectivity index (χ1n) is 12.5. The maximum absolute atomic E-state index is 12.4. The third kappa shape index (κ3) is 4.69. The van der Waals surface area contributed by atoms with E-state index in [2.05, 4.69) is 4.98 Å². The minimum absolute atomic E-state index is 0.0244. The van der Waals surface area contributed by atoms with Gasteiger partial charge in [0.25, 0.3) is 5.56 Å². The number of rotatable bonds is 8. The van der Waals surface area contributed by atoms with Gasteiger partial charge in [-0.3, -0.25) is 14.3 Å². The molecule has 196 valence electrons. The van der Waals surface area contributed by atoms with Gasteiger partial charge in [0.1, 0.15) is 23.7 Å². The fraction of sp³-hybridized carbons (Fsp3) is 0.267. The molecule has 8 heteroatoms. The van der Waals surface area contributed by atoms with E-state index >= 15 is 0 Å². The molecule has 1 aromatic heterocycles. The van der Waals surface area contributed by atoms with E-state index in [1.165, 1.54) is 10.8 Å². The summed E-state index contributed by atoms with van der Waals surface area (Å²) >= 11 is 0. The van der Waals surface area contributed by atoms with E-state index in [1.807, 2.05) is 84.9 Å². The van der Waals surface area contributed by atoms with Crippen molar-refractivity contribution in [1.29, 1.82) is 0 Å². The van der Waals surface area contributed by atoms with Crippen LogP contribution in [0, 0.1) is 6.92 Å². The molecule has 3 aromatic carbocycles. The number of H-pyrrole nitrogens is 1. The molecule has 4 aromatic rings. The smallest absolute Gasteiger partial charge is 0.330 e. The predicted molar refractivity (Wildman–Crippen MR) is 142 cm³/mol. The molecule has 38 heavy (non-hydrogen) atoms. The number of para-hydroxylation sites is 1. The van der Waals surface area contributed by atoms with Crippen molar-refractivity contribution in [2.24, 2.45) is 0 Å². The lowest BCUT2D eigenvalue weighted by atomic mass is 9.79. The Morgan fingerprint density at radius 1 is 0.974 bits per heavy atom. The molecule has 5 rings (SSSR count). The monoisotopic (exact) mass is 514 g/mol. The van der Waals surface area contributed by atoms with Crippen molar-refractivity contribution < 1.29 is 19.3 Å². The fourth-order valence-corrected chi connectivity index (χ4v) is 5.05. The zero-order valence-corrected chi connectivity index (χ0v) is 21.2. The minimum Gasteiger partial charge on any atom is -0.496 e. The fourth-order valence-electron chi connectivity index (χ4n) is 5.05. The summed E-state index contributed by atoms with van der Waals surface area (Å²) in [6, 6.07) is 27.4. The Hall–Kier alpha value is -3.98. The summed E-state index contributed by atoms with van der Waals surface area (Å²) in [6.45, 7) is 1.64. The van der Waals surface area contributed by atoms with Crippen LogP contribution in [0.4, 0.5) is 0 Å². The number of hydrogen-bond donors (Lipinski definition) is 2. The zero-order valence-electron chi connectivity index (χ0n) is 21.2. The topological polar surface area (TPSA) is 103 Å². The van der Waals surface area contributed by atoms with Gasteiger partial charge in [-0.1, -0.05) is 78.9 Å². The van der Waals surface area contributed by atoms with Crippen LogP contribution in [0.1, 0.15) is 34.9 Å². The lowest BCUT2D eigenvalue weighted by Gasteiger charge is -2.37. The molecule has 8 nitrogen and oxygen atoms in total. The van der Waals surface area contributed by atoms with Gasteiger partial charge in [0, 0.05) is 23.7 Å². The Kier molecular flexibility index (Phi) is 7.28. The summed E-state index contributed by atoms with van der Waals surface area (Å²) in [5.74, 6) is 0.654.